The molecule has 6 heteroatoms. The standard InChI is InChI=1S/C19H18FN3O2/c20-13-5-6-14-15(12-21-17(14)11-13)19(24)22-16-3-1-2-4-18(16)23-7-9-25-10-8-23/h1-6,11-12,21H,7-10H2,(H,22,24). The van der Waals surface area contributed by atoms with E-state index in [1.165, 1.54) is 12.1 Å². The van der Waals surface area contributed by atoms with E-state index >= 15 is 0 Å². The first kappa shape index (κ1) is 15.7. The largest absolute Gasteiger partial charge is 0.378 e. The molecule has 1 aromatic heterocycles. The second kappa shape index (κ2) is 6.57. The van der Waals surface area contributed by atoms with E-state index in [0.29, 0.717) is 29.7 Å². The second-order valence-corrected chi connectivity index (χ2v) is 5.96. The number of hydrogen-bond donors (Lipinski definition) is 2. The zero-order chi connectivity index (χ0) is 17.2. The number of ether oxygens (including phenoxy) is 1. The van der Waals surface area contributed by atoms with Crippen molar-refractivity contribution in [2.24, 2.45) is 0 Å². The number of para-hydroxylation sites is 2. The van der Waals surface area contributed by atoms with Crippen LogP contribution in [0.3, 0.4) is 0 Å². The molecule has 1 amide bonds. The number of halogens is 1. The van der Waals surface area contributed by atoms with Crippen molar-refractivity contribution in [2.45, 2.75) is 0 Å². The van der Waals surface area contributed by atoms with Gasteiger partial charge in [-0.1, -0.05) is 12.1 Å². The van der Waals surface area contributed by atoms with E-state index < -0.39 is 0 Å². The summed E-state index contributed by atoms with van der Waals surface area (Å²) in [6.45, 7) is 2.94. The van der Waals surface area contributed by atoms with Gasteiger partial charge in [0.25, 0.3) is 5.91 Å². The topological polar surface area (TPSA) is 57.4 Å². The summed E-state index contributed by atoms with van der Waals surface area (Å²) < 4.78 is 18.7. The second-order valence-electron chi connectivity index (χ2n) is 5.96. The molecule has 1 fully saturated rings. The van der Waals surface area contributed by atoms with Crippen molar-refractivity contribution in [3.05, 3.63) is 60.0 Å². The highest BCUT2D eigenvalue weighted by Crippen LogP contribution is 2.28. The highest BCUT2D eigenvalue weighted by molar-refractivity contribution is 6.13. The predicted octanol–water partition coefficient (Wildman–Crippen LogP) is 3.40. The predicted molar refractivity (Wildman–Crippen MR) is 95.7 cm³/mol. The first-order chi connectivity index (χ1) is 12.2. The van der Waals surface area contributed by atoms with Crippen LogP contribution >= 0.6 is 0 Å². The molecule has 0 saturated carbocycles. The lowest BCUT2D eigenvalue weighted by molar-refractivity contribution is 0.102. The van der Waals surface area contributed by atoms with Gasteiger partial charge in [0, 0.05) is 30.2 Å². The minimum atomic E-state index is -0.334. The van der Waals surface area contributed by atoms with E-state index in [0.717, 1.165) is 24.5 Å². The maximum Gasteiger partial charge on any atom is 0.257 e. The van der Waals surface area contributed by atoms with Gasteiger partial charge in [-0.3, -0.25) is 4.79 Å². The van der Waals surface area contributed by atoms with E-state index in [-0.39, 0.29) is 11.7 Å². The molecule has 2 N–H and O–H groups in total. The normalized spacial score (nSPS) is 14.7. The Morgan fingerprint density at radius 1 is 1.16 bits per heavy atom. The molecule has 0 spiro atoms. The highest BCUT2D eigenvalue weighted by atomic mass is 19.1. The van der Waals surface area contributed by atoms with Gasteiger partial charge in [-0.2, -0.15) is 0 Å². The fraction of sp³-hybridized carbons (Fsp3) is 0.211. The maximum absolute atomic E-state index is 13.3. The van der Waals surface area contributed by atoms with Crippen LogP contribution in [0.1, 0.15) is 10.4 Å². The minimum Gasteiger partial charge on any atom is -0.378 e. The first-order valence-corrected chi connectivity index (χ1v) is 8.22. The summed E-state index contributed by atoms with van der Waals surface area (Å²) >= 11 is 0. The van der Waals surface area contributed by atoms with Gasteiger partial charge in [-0.05, 0) is 30.3 Å². The lowest BCUT2D eigenvalue weighted by atomic mass is 10.1. The molecule has 2 heterocycles. The molecule has 0 bridgehead atoms. The van der Waals surface area contributed by atoms with Crippen LogP contribution in [0.15, 0.2) is 48.7 Å². The van der Waals surface area contributed by atoms with E-state index in [1.807, 2.05) is 24.3 Å². The number of fused-ring (bicyclic) bond motifs is 1. The van der Waals surface area contributed by atoms with Gasteiger partial charge in [0.15, 0.2) is 0 Å². The Bertz CT molecular complexity index is 916. The number of benzene rings is 2. The number of hydrogen-bond acceptors (Lipinski definition) is 3. The number of anilines is 2. The number of morpholine rings is 1. The fourth-order valence-corrected chi connectivity index (χ4v) is 3.14. The van der Waals surface area contributed by atoms with Gasteiger partial charge in [0.1, 0.15) is 5.82 Å². The molecule has 25 heavy (non-hydrogen) atoms. The number of carbonyl (C=O) groups is 1. The molecule has 2 aromatic carbocycles. The quantitative estimate of drug-likeness (QED) is 0.769. The zero-order valence-corrected chi connectivity index (χ0v) is 13.6. The molecule has 3 aromatic rings. The van der Waals surface area contributed by atoms with Gasteiger partial charge in [0.2, 0.25) is 0 Å². The van der Waals surface area contributed by atoms with Crippen molar-refractivity contribution in [2.75, 3.05) is 36.5 Å². The summed E-state index contributed by atoms with van der Waals surface area (Å²) in [5, 5.41) is 3.68. The summed E-state index contributed by atoms with van der Waals surface area (Å²) in [6.07, 6.45) is 1.61. The van der Waals surface area contributed by atoms with E-state index in [2.05, 4.69) is 15.2 Å². The lowest BCUT2D eigenvalue weighted by Crippen LogP contribution is -2.36. The molecule has 4 rings (SSSR count). The zero-order valence-electron chi connectivity index (χ0n) is 13.6. The Kier molecular flexibility index (Phi) is 4.11. The first-order valence-electron chi connectivity index (χ1n) is 8.22. The molecule has 0 aliphatic carbocycles. The fourth-order valence-electron chi connectivity index (χ4n) is 3.14. The van der Waals surface area contributed by atoms with Crippen LogP contribution in [0.4, 0.5) is 15.8 Å². The molecular formula is C19H18FN3O2. The van der Waals surface area contributed by atoms with E-state index in [4.69, 9.17) is 4.74 Å². The van der Waals surface area contributed by atoms with Crippen LogP contribution < -0.4 is 10.2 Å². The number of rotatable bonds is 3. The lowest BCUT2D eigenvalue weighted by Gasteiger charge is -2.30. The molecule has 1 aliphatic rings. The van der Waals surface area contributed by atoms with Crippen molar-refractivity contribution in [1.82, 2.24) is 4.98 Å². The highest BCUT2D eigenvalue weighted by Gasteiger charge is 2.18. The van der Waals surface area contributed by atoms with Crippen molar-refractivity contribution >= 4 is 28.2 Å². The Morgan fingerprint density at radius 3 is 2.80 bits per heavy atom. The number of aromatic amines is 1. The molecule has 0 unspecified atom stereocenters. The molecule has 128 valence electrons. The number of H-pyrrole nitrogens is 1. The Morgan fingerprint density at radius 2 is 1.96 bits per heavy atom. The third-order valence-electron chi connectivity index (χ3n) is 4.39. The molecule has 1 aliphatic heterocycles. The van der Waals surface area contributed by atoms with Crippen molar-refractivity contribution in [3.63, 3.8) is 0 Å². The van der Waals surface area contributed by atoms with Crippen LogP contribution in [0, 0.1) is 5.82 Å². The third kappa shape index (κ3) is 3.08. The third-order valence-corrected chi connectivity index (χ3v) is 4.39. The molecule has 1 saturated heterocycles. The summed E-state index contributed by atoms with van der Waals surface area (Å²) in [7, 11) is 0. The summed E-state index contributed by atoms with van der Waals surface area (Å²) in [4.78, 5) is 17.9. The average Bonchev–Trinajstić information content (AvgIpc) is 3.06. The van der Waals surface area contributed by atoms with E-state index in [1.54, 1.807) is 12.3 Å². The van der Waals surface area contributed by atoms with Crippen molar-refractivity contribution in [1.29, 1.82) is 0 Å². The molecule has 0 atom stereocenters. The SMILES string of the molecule is O=C(Nc1ccccc1N1CCOCC1)c1c[nH]c2cc(F)ccc12. The van der Waals surface area contributed by atoms with Crippen LogP contribution in [0.2, 0.25) is 0 Å². The van der Waals surface area contributed by atoms with Crippen LogP contribution in [0.25, 0.3) is 10.9 Å². The van der Waals surface area contributed by atoms with Crippen LogP contribution in [-0.2, 0) is 4.74 Å². The Hall–Kier alpha value is -2.86. The summed E-state index contributed by atoms with van der Waals surface area (Å²) in [5.41, 5.74) is 2.83. The Balaban J connectivity index is 1.62. The van der Waals surface area contributed by atoms with Crippen molar-refractivity contribution < 1.29 is 13.9 Å². The smallest absolute Gasteiger partial charge is 0.257 e. The molecule has 0 radical (unpaired) electrons. The van der Waals surface area contributed by atoms with Gasteiger partial charge >= 0.3 is 0 Å². The van der Waals surface area contributed by atoms with Gasteiger partial charge in [-0.25, -0.2) is 4.39 Å². The number of aromatic nitrogens is 1. The monoisotopic (exact) mass is 339 g/mol. The number of nitrogens with zero attached hydrogens (tertiary/aromatic N) is 1. The van der Waals surface area contributed by atoms with Crippen LogP contribution in [0.5, 0.6) is 0 Å². The number of nitrogens with one attached hydrogen (secondary N) is 2. The van der Waals surface area contributed by atoms with Crippen LogP contribution in [-0.4, -0.2) is 37.2 Å². The summed E-state index contributed by atoms with van der Waals surface area (Å²) in [6, 6.07) is 12.1. The minimum absolute atomic E-state index is 0.224. The Labute approximate surface area is 144 Å². The van der Waals surface area contributed by atoms with Crippen molar-refractivity contribution in [3.8, 4) is 0 Å². The van der Waals surface area contributed by atoms with Gasteiger partial charge in [-0.15, -0.1) is 0 Å². The molecular weight excluding hydrogens is 321 g/mol. The number of carbonyl (C=O) groups excluding carboxylic acids is 1. The summed E-state index contributed by atoms with van der Waals surface area (Å²) in [5.74, 6) is -0.558. The number of amides is 1. The van der Waals surface area contributed by atoms with Gasteiger partial charge in [0.05, 0.1) is 30.2 Å². The van der Waals surface area contributed by atoms with Gasteiger partial charge < -0.3 is 19.9 Å². The van der Waals surface area contributed by atoms with E-state index in [9.17, 15) is 9.18 Å². The maximum atomic E-state index is 13.3. The molecule has 5 nitrogen and oxygen atoms in total. The average molecular weight is 339 g/mol.